The SMILES string of the molecule is NNC(Cc1ccc2c(c1)CCC2)c1cccc(I)c1. The number of halogens is 1. The Hall–Kier alpha value is -0.910. The van der Waals surface area contributed by atoms with E-state index in [1.165, 1.54) is 45.1 Å². The van der Waals surface area contributed by atoms with Gasteiger partial charge in [-0.05, 0) is 82.7 Å². The van der Waals surface area contributed by atoms with Crippen molar-refractivity contribution in [1.29, 1.82) is 0 Å². The van der Waals surface area contributed by atoms with Crippen LogP contribution in [0.25, 0.3) is 0 Å². The topological polar surface area (TPSA) is 38.0 Å². The first-order valence-electron chi connectivity index (χ1n) is 7.08. The van der Waals surface area contributed by atoms with Gasteiger partial charge >= 0.3 is 0 Å². The highest BCUT2D eigenvalue weighted by molar-refractivity contribution is 14.1. The first-order chi connectivity index (χ1) is 9.76. The minimum atomic E-state index is 0.171. The molecule has 0 fully saturated rings. The van der Waals surface area contributed by atoms with Gasteiger partial charge in [0.15, 0.2) is 0 Å². The Kier molecular flexibility index (Phi) is 4.38. The number of benzene rings is 2. The Labute approximate surface area is 133 Å². The molecule has 2 aromatic rings. The molecular formula is C17H19IN2. The van der Waals surface area contributed by atoms with Gasteiger partial charge in [-0.25, -0.2) is 0 Å². The number of fused-ring (bicyclic) bond motifs is 1. The van der Waals surface area contributed by atoms with Crippen LogP contribution in [0.4, 0.5) is 0 Å². The summed E-state index contributed by atoms with van der Waals surface area (Å²) >= 11 is 2.34. The summed E-state index contributed by atoms with van der Waals surface area (Å²) in [7, 11) is 0. The van der Waals surface area contributed by atoms with E-state index in [4.69, 9.17) is 5.84 Å². The van der Waals surface area contributed by atoms with Crippen molar-refractivity contribution < 1.29 is 0 Å². The lowest BCUT2D eigenvalue weighted by Gasteiger charge is -2.17. The minimum absolute atomic E-state index is 0.171. The molecule has 0 aromatic heterocycles. The third-order valence-corrected chi connectivity index (χ3v) is 4.73. The van der Waals surface area contributed by atoms with Crippen LogP contribution in [-0.2, 0) is 19.3 Å². The van der Waals surface area contributed by atoms with Gasteiger partial charge in [0, 0.05) is 3.57 Å². The van der Waals surface area contributed by atoms with Crippen LogP contribution < -0.4 is 11.3 Å². The van der Waals surface area contributed by atoms with Crippen LogP contribution in [0.2, 0.25) is 0 Å². The van der Waals surface area contributed by atoms with E-state index in [0.717, 1.165) is 6.42 Å². The van der Waals surface area contributed by atoms with E-state index in [9.17, 15) is 0 Å². The largest absolute Gasteiger partial charge is 0.271 e. The van der Waals surface area contributed by atoms with Crippen molar-refractivity contribution in [3.05, 3.63) is 68.3 Å². The predicted molar refractivity (Wildman–Crippen MR) is 91.4 cm³/mol. The van der Waals surface area contributed by atoms with Crippen LogP contribution in [-0.4, -0.2) is 0 Å². The van der Waals surface area contributed by atoms with Crippen LogP contribution in [0.5, 0.6) is 0 Å². The van der Waals surface area contributed by atoms with Gasteiger partial charge in [-0.2, -0.15) is 0 Å². The maximum absolute atomic E-state index is 5.76. The maximum Gasteiger partial charge on any atom is 0.0500 e. The molecule has 104 valence electrons. The van der Waals surface area contributed by atoms with Gasteiger partial charge in [-0.1, -0.05) is 30.3 Å². The Morgan fingerprint density at radius 1 is 1.10 bits per heavy atom. The highest BCUT2D eigenvalue weighted by Crippen LogP contribution is 2.25. The monoisotopic (exact) mass is 378 g/mol. The van der Waals surface area contributed by atoms with Gasteiger partial charge in [-0.15, -0.1) is 0 Å². The number of hydrogen-bond donors (Lipinski definition) is 2. The summed E-state index contributed by atoms with van der Waals surface area (Å²) in [6.45, 7) is 0. The molecule has 1 atom stereocenters. The number of hydrazine groups is 1. The Morgan fingerprint density at radius 2 is 1.95 bits per heavy atom. The van der Waals surface area contributed by atoms with E-state index in [1.54, 1.807) is 0 Å². The first kappa shape index (κ1) is 14.0. The first-order valence-corrected chi connectivity index (χ1v) is 8.16. The molecule has 3 heteroatoms. The molecule has 0 spiro atoms. The van der Waals surface area contributed by atoms with Crippen molar-refractivity contribution in [2.75, 3.05) is 0 Å². The average molecular weight is 378 g/mol. The van der Waals surface area contributed by atoms with Gasteiger partial charge in [-0.3, -0.25) is 11.3 Å². The van der Waals surface area contributed by atoms with E-state index in [2.05, 4.69) is 70.5 Å². The van der Waals surface area contributed by atoms with Crippen LogP contribution in [0, 0.1) is 3.57 Å². The zero-order chi connectivity index (χ0) is 13.9. The number of nitrogens with one attached hydrogen (secondary N) is 1. The predicted octanol–water partition coefficient (Wildman–Crippen LogP) is 3.53. The number of nitrogens with two attached hydrogens (primary N) is 1. The van der Waals surface area contributed by atoms with Crippen LogP contribution in [0.1, 0.15) is 34.7 Å². The third-order valence-electron chi connectivity index (χ3n) is 4.05. The number of aryl methyl sites for hydroxylation is 2. The molecule has 0 saturated heterocycles. The highest BCUT2D eigenvalue weighted by atomic mass is 127. The molecule has 0 amide bonds. The molecule has 0 saturated carbocycles. The summed E-state index contributed by atoms with van der Waals surface area (Å²) < 4.78 is 1.24. The van der Waals surface area contributed by atoms with Gasteiger partial charge < -0.3 is 0 Å². The zero-order valence-electron chi connectivity index (χ0n) is 11.4. The molecule has 2 aromatic carbocycles. The summed E-state index contributed by atoms with van der Waals surface area (Å²) in [6, 6.07) is 15.6. The van der Waals surface area contributed by atoms with Crippen LogP contribution in [0.3, 0.4) is 0 Å². The van der Waals surface area contributed by atoms with E-state index in [-0.39, 0.29) is 6.04 Å². The number of rotatable bonds is 4. The standard InChI is InChI=1S/C17H19IN2/c18-16-6-2-5-15(11-16)17(20-19)10-12-7-8-13-3-1-4-14(13)9-12/h2,5-9,11,17,20H,1,3-4,10,19H2. The molecule has 20 heavy (non-hydrogen) atoms. The van der Waals surface area contributed by atoms with Gasteiger partial charge in [0.05, 0.1) is 6.04 Å². The zero-order valence-corrected chi connectivity index (χ0v) is 13.6. The molecular weight excluding hydrogens is 359 g/mol. The van der Waals surface area contributed by atoms with E-state index in [1.807, 2.05) is 0 Å². The quantitative estimate of drug-likeness (QED) is 0.485. The van der Waals surface area contributed by atoms with E-state index < -0.39 is 0 Å². The second-order valence-electron chi connectivity index (χ2n) is 5.43. The minimum Gasteiger partial charge on any atom is -0.271 e. The molecule has 1 aliphatic rings. The molecule has 3 N–H and O–H groups in total. The normalized spacial score (nSPS) is 15.1. The lowest BCUT2D eigenvalue weighted by molar-refractivity contribution is 0.551. The smallest absolute Gasteiger partial charge is 0.0500 e. The molecule has 0 aliphatic heterocycles. The lowest BCUT2D eigenvalue weighted by Crippen LogP contribution is -2.29. The Bertz CT molecular complexity index is 610. The second kappa shape index (κ2) is 6.24. The fourth-order valence-corrected chi connectivity index (χ4v) is 3.55. The Balaban J connectivity index is 1.81. The highest BCUT2D eigenvalue weighted by Gasteiger charge is 2.14. The van der Waals surface area contributed by atoms with E-state index >= 15 is 0 Å². The molecule has 0 heterocycles. The van der Waals surface area contributed by atoms with Gasteiger partial charge in [0.1, 0.15) is 0 Å². The summed E-state index contributed by atoms with van der Waals surface area (Å²) in [5, 5.41) is 0. The molecule has 3 rings (SSSR count). The molecule has 2 nitrogen and oxygen atoms in total. The fraction of sp³-hybridized carbons (Fsp3) is 0.294. The molecule has 0 bridgehead atoms. The van der Waals surface area contributed by atoms with Crippen molar-refractivity contribution in [3.63, 3.8) is 0 Å². The van der Waals surface area contributed by atoms with Gasteiger partial charge in [0.25, 0.3) is 0 Å². The molecule has 1 unspecified atom stereocenters. The third kappa shape index (κ3) is 3.05. The van der Waals surface area contributed by atoms with Crippen LogP contribution in [0.15, 0.2) is 42.5 Å². The van der Waals surface area contributed by atoms with Crippen molar-refractivity contribution >= 4 is 22.6 Å². The van der Waals surface area contributed by atoms with E-state index in [0.29, 0.717) is 0 Å². The summed E-state index contributed by atoms with van der Waals surface area (Å²) in [6.07, 6.45) is 4.70. The molecule has 0 radical (unpaired) electrons. The maximum atomic E-state index is 5.76. The Morgan fingerprint density at radius 3 is 2.75 bits per heavy atom. The van der Waals surface area contributed by atoms with Crippen molar-refractivity contribution in [1.82, 2.24) is 5.43 Å². The summed E-state index contributed by atoms with van der Waals surface area (Å²) in [5.41, 5.74) is 8.63. The van der Waals surface area contributed by atoms with Crippen molar-refractivity contribution in [2.24, 2.45) is 5.84 Å². The summed E-state index contributed by atoms with van der Waals surface area (Å²) in [4.78, 5) is 0. The average Bonchev–Trinajstić information content (AvgIpc) is 2.92. The molecule has 1 aliphatic carbocycles. The fourth-order valence-electron chi connectivity index (χ4n) is 2.98. The van der Waals surface area contributed by atoms with Crippen LogP contribution >= 0.6 is 22.6 Å². The van der Waals surface area contributed by atoms with Crippen molar-refractivity contribution in [2.45, 2.75) is 31.7 Å². The van der Waals surface area contributed by atoms with Gasteiger partial charge in [0.2, 0.25) is 0 Å². The second-order valence-corrected chi connectivity index (χ2v) is 6.68. The number of hydrogen-bond acceptors (Lipinski definition) is 2. The van der Waals surface area contributed by atoms with Crippen molar-refractivity contribution in [3.8, 4) is 0 Å². The summed E-state index contributed by atoms with van der Waals surface area (Å²) in [5.74, 6) is 5.76. The lowest BCUT2D eigenvalue weighted by atomic mass is 9.97.